The topological polar surface area (TPSA) is 47.6 Å². The molecule has 0 radical (unpaired) electrons. The van der Waals surface area contributed by atoms with Crippen LogP contribution in [0, 0.1) is 0 Å². The maximum Gasteiger partial charge on any atom is 0.220 e. The molecule has 2 aliphatic rings. The van der Waals surface area contributed by atoms with Gasteiger partial charge in [0.15, 0.2) is 0 Å². The number of piperazine rings is 1. The Labute approximate surface area is 126 Å². The van der Waals surface area contributed by atoms with Crippen LogP contribution < -0.4 is 15.5 Å². The van der Waals surface area contributed by atoms with Crippen LogP contribution in [0.25, 0.3) is 0 Å². The average Bonchev–Trinajstić information content (AvgIpc) is 2.51. The van der Waals surface area contributed by atoms with E-state index in [1.165, 1.54) is 5.69 Å². The van der Waals surface area contributed by atoms with Crippen LogP contribution >= 0.6 is 0 Å². The summed E-state index contributed by atoms with van der Waals surface area (Å²) in [6.45, 7) is 5.17. The van der Waals surface area contributed by atoms with Gasteiger partial charge in [-0.2, -0.15) is 0 Å². The first-order chi connectivity index (χ1) is 10.2. The number of anilines is 2. The third kappa shape index (κ3) is 3.67. The fraction of sp³-hybridized carbons (Fsp3) is 0.562. The number of hydrogen-bond donors (Lipinski definition) is 2. The third-order valence-electron chi connectivity index (χ3n) is 4.37. The molecule has 0 aromatic heterocycles. The third-order valence-corrected chi connectivity index (χ3v) is 4.37. The van der Waals surface area contributed by atoms with E-state index >= 15 is 0 Å². The standard InChI is InChI=1S/C16H24N4O/c1-19-8-10-20(11-9-19)15-5-2-13(3-6-15)18-14-4-7-16(21)17-12-14/h2-3,5-6,14,18H,4,7-12H2,1H3,(H,17,21). The molecule has 2 saturated heterocycles. The van der Waals surface area contributed by atoms with Gasteiger partial charge >= 0.3 is 0 Å². The minimum atomic E-state index is 0.165. The number of likely N-dealkylation sites (N-methyl/N-ethyl adjacent to an activating group) is 1. The number of nitrogens with zero attached hydrogens (tertiary/aromatic N) is 2. The van der Waals surface area contributed by atoms with Gasteiger partial charge in [-0.25, -0.2) is 0 Å². The predicted octanol–water partition coefficient (Wildman–Crippen LogP) is 1.13. The molecule has 0 saturated carbocycles. The minimum absolute atomic E-state index is 0.165. The molecular weight excluding hydrogens is 264 g/mol. The summed E-state index contributed by atoms with van der Waals surface area (Å²) in [4.78, 5) is 16.0. The Hall–Kier alpha value is -1.75. The lowest BCUT2D eigenvalue weighted by Crippen LogP contribution is -2.44. The molecule has 1 aromatic rings. The quantitative estimate of drug-likeness (QED) is 0.875. The molecule has 1 aromatic carbocycles. The maximum atomic E-state index is 11.2. The van der Waals surface area contributed by atoms with Crippen molar-refractivity contribution in [2.24, 2.45) is 0 Å². The zero-order chi connectivity index (χ0) is 14.7. The van der Waals surface area contributed by atoms with Gasteiger partial charge in [0, 0.05) is 56.6 Å². The van der Waals surface area contributed by atoms with Gasteiger partial charge in [-0.3, -0.25) is 4.79 Å². The van der Waals surface area contributed by atoms with E-state index in [0.717, 1.165) is 44.8 Å². The van der Waals surface area contributed by atoms with Crippen molar-refractivity contribution >= 4 is 17.3 Å². The summed E-state index contributed by atoms with van der Waals surface area (Å²) in [5.74, 6) is 0.165. The van der Waals surface area contributed by atoms with Crippen LogP contribution in [-0.4, -0.2) is 56.6 Å². The Balaban J connectivity index is 1.55. The molecule has 114 valence electrons. The Kier molecular flexibility index (Phi) is 4.29. The van der Waals surface area contributed by atoms with Gasteiger partial charge in [0.2, 0.25) is 5.91 Å². The van der Waals surface area contributed by atoms with Crippen molar-refractivity contribution in [2.45, 2.75) is 18.9 Å². The molecule has 5 nitrogen and oxygen atoms in total. The second-order valence-corrected chi connectivity index (χ2v) is 6.02. The summed E-state index contributed by atoms with van der Waals surface area (Å²) in [7, 11) is 2.17. The minimum Gasteiger partial charge on any atom is -0.381 e. The second kappa shape index (κ2) is 6.35. The number of nitrogens with one attached hydrogen (secondary N) is 2. The molecule has 2 fully saturated rings. The molecule has 5 heteroatoms. The Morgan fingerprint density at radius 3 is 2.48 bits per heavy atom. The summed E-state index contributed by atoms with van der Waals surface area (Å²) in [5.41, 5.74) is 2.43. The molecule has 1 unspecified atom stereocenters. The van der Waals surface area contributed by atoms with Crippen molar-refractivity contribution in [1.82, 2.24) is 10.2 Å². The first-order valence-corrected chi connectivity index (χ1v) is 7.77. The first-order valence-electron chi connectivity index (χ1n) is 7.77. The lowest BCUT2D eigenvalue weighted by atomic mass is 10.1. The van der Waals surface area contributed by atoms with Crippen LogP contribution in [0.1, 0.15) is 12.8 Å². The molecule has 0 spiro atoms. The lowest BCUT2D eigenvalue weighted by molar-refractivity contribution is -0.122. The summed E-state index contributed by atoms with van der Waals surface area (Å²) in [6, 6.07) is 9.01. The van der Waals surface area contributed by atoms with E-state index in [-0.39, 0.29) is 5.91 Å². The van der Waals surface area contributed by atoms with Gasteiger partial charge in [-0.15, -0.1) is 0 Å². The molecule has 21 heavy (non-hydrogen) atoms. The number of amides is 1. The van der Waals surface area contributed by atoms with E-state index in [2.05, 4.69) is 51.7 Å². The highest BCUT2D eigenvalue weighted by atomic mass is 16.1. The van der Waals surface area contributed by atoms with Crippen LogP contribution in [0.4, 0.5) is 11.4 Å². The number of rotatable bonds is 3. The van der Waals surface area contributed by atoms with Crippen molar-refractivity contribution in [1.29, 1.82) is 0 Å². The van der Waals surface area contributed by atoms with Crippen LogP contribution in [0.15, 0.2) is 24.3 Å². The molecule has 2 heterocycles. The van der Waals surface area contributed by atoms with Crippen LogP contribution in [0.2, 0.25) is 0 Å². The van der Waals surface area contributed by atoms with E-state index in [1.807, 2.05) is 0 Å². The smallest absolute Gasteiger partial charge is 0.220 e. The highest BCUT2D eigenvalue weighted by Gasteiger charge is 2.18. The Morgan fingerprint density at radius 1 is 1.14 bits per heavy atom. The number of carbonyl (C=O) groups is 1. The number of hydrogen-bond acceptors (Lipinski definition) is 4. The van der Waals surface area contributed by atoms with E-state index in [1.54, 1.807) is 0 Å². The Morgan fingerprint density at radius 2 is 1.86 bits per heavy atom. The highest BCUT2D eigenvalue weighted by Crippen LogP contribution is 2.20. The average molecular weight is 288 g/mol. The number of carbonyl (C=O) groups excluding carboxylic acids is 1. The summed E-state index contributed by atoms with van der Waals surface area (Å²) < 4.78 is 0. The second-order valence-electron chi connectivity index (χ2n) is 6.02. The molecule has 2 N–H and O–H groups in total. The summed E-state index contributed by atoms with van der Waals surface area (Å²) >= 11 is 0. The van der Waals surface area contributed by atoms with Gasteiger partial charge in [0.25, 0.3) is 0 Å². The van der Waals surface area contributed by atoms with Crippen molar-refractivity contribution in [3.63, 3.8) is 0 Å². The fourth-order valence-electron chi connectivity index (χ4n) is 2.92. The maximum absolute atomic E-state index is 11.2. The Bertz CT molecular complexity index is 470. The molecule has 0 aliphatic carbocycles. The van der Waals surface area contributed by atoms with Crippen molar-refractivity contribution < 1.29 is 4.79 Å². The van der Waals surface area contributed by atoms with Gasteiger partial charge in [0.05, 0.1) is 0 Å². The molecule has 2 aliphatic heterocycles. The zero-order valence-corrected chi connectivity index (χ0v) is 12.6. The van der Waals surface area contributed by atoms with Crippen LogP contribution in [0.3, 0.4) is 0 Å². The molecule has 0 bridgehead atoms. The zero-order valence-electron chi connectivity index (χ0n) is 12.6. The van der Waals surface area contributed by atoms with Crippen molar-refractivity contribution in [3.05, 3.63) is 24.3 Å². The number of piperidine rings is 1. The van der Waals surface area contributed by atoms with E-state index in [0.29, 0.717) is 12.5 Å². The van der Waals surface area contributed by atoms with Gasteiger partial charge < -0.3 is 20.4 Å². The van der Waals surface area contributed by atoms with E-state index in [4.69, 9.17) is 0 Å². The number of benzene rings is 1. The fourth-order valence-corrected chi connectivity index (χ4v) is 2.92. The lowest BCUT2D eigenvalue weighted by Gasteiger charge is -2.34. The SMILES string of the molecule is CN1CCN(c2ccc(NC3CCC(=O)NC3)cc2)CC1. The summed E-state index contributed by atoms with van der Waals surface area (Å²) in [5, 5.41) is 6.40. The van der Waals surface area contributed by atoms with Crippen LogP contribution in [0.5, 0.6) is 0 Å². The molecule has 1 atom stereocenters. The van der Waals surface area contributed by atoms with Crippen molar-refractivity contribution in [2.75, 3.05) is 50.0 Å². The van der Waals surface area contributed by atoms with Crippen LogP contribution in [-0.2, 0) is 4.79 Å². The largest absolute Gasteiger partial charge is 0.381 e. The van der Waals surface area contributed by atoms with Crippen molar-refractivity contribution in [3.8, 4) is 0 Å². The molecule has 1 amide bonds. The van der Waals surface area contributed by atoms with E-state index < -0.39 is 0 Å². The monoisotopic (exact) mass is 288 g/mol. The predicted molar refractivity (Wildman–Crippen MR) is 85.8 cm³/mol. The van der Waals surface area contributed by atoms with E-state index in [9.17, 15) is 4.79 Å². The molecule has 3 rings (SSSR count). The van der Waals surface area contributed by atoms with Gasteiger partial charge in [-0.1, -0.05) is 0 Å². The van der Waals surface area contributed by atoms with Gasteiger partial charge in [0.1, 0.15) is 0 Å². The normalized spacial score (nSPS) is 23.8. The van der Waals surface area contributed by atoms with Gasteiger partial charge in [-0.05, 0) is 37.7 Å². The summed E-state index contributed by atoms with van der Waals surface area (Å²) in [6.07, 6.45) is 1.53. The first kappa shape index (κ1) is 14.2. The molecular formula is C16H24N4O. The highest BCUT2D eigenvalue weighted by molar-refractivity contribution is 5.77.